The molecule has 1 aromatic carbocycles. The van der Waals surface area contributed by atoms with E-state index in [0.29, 0.717) is 23.1 Å². The largest absolute Gasteiger partial charge is 0.495 e. The first-order valence-corrected chi connectivity index (χ1v) is 8.41. The molecule has 24 heavy (non-hydrogen) atoms. The molecule has 2 aromatic heterocycles. The minimum atomic E-state index is -0.177. The van der Waals surface area contributed by atoms with Crippen molar-refractivity contribution in [2.45, 2.75) is 16.8 Å². The lowest BCUT2D eigenvalue weighted by Crippen LogP contribution is -2.28. The highest BCUT2D eigenvalue weighted by Crippen LogP contribution is 2.36. The zero-order chi connectivity index (χ0) is 16.5. The quantitative estimate of drug-likeness (QED) is 0.784. The van der Waals surface area contributed by atoms with Gasteiger partial charge in [0.2, 0.25) is 5.91 Å². The number of carbonyl (C=O) groups is 1. The van der Waals surface area contributed by atoms with Crippen molar-refractivity contribution in [1.82, 2.24) is 19.9 Å². The lowest BCUT2D eigenvalue weighted by atomic mass is 10.2. The van der Waals surface area contributed by atoms with E-state index in [4.69, 9.17) is 4.74 Å². The number of fused-ring (bicyclic) bond motifs is 1. The molecule has 1 fully saturated rings. The van der Waals surface area contributed by atoms with Crippen LogP contribution in [0, 0.1) is 0 Å². The fourth-order valence-corrected chi connectivity index (χ4v) is 3.81. The molecule has 1 unspecified atom stereocenters. The number of imidazole rings is 1. The lowest BCUT2D eigenvalue weighted by molar-refractivity contribution is -0.116. The molecule has 1 N–H and O–H groups in total. The number of rotatable bonds is 4. The summed E-state index contributed by atoms with van der Waals surface area (Å²) in [4.78, 5) is 30.2. The highest BCUT2D eigenvalue weighted by Gasteiger charge is 2.35. The third-order valence-electron chi connectivity index (χ3n) is 3.93. The highest BCUT2D eigenvalue weighted by atomic mass is 32.2. The third kappa shape index (κ3) is 2.58. The minimum Gasteiger partial charge on any atom is -0.495 e. The molecule has 3 heterocycles. The SMILES string of the molecule is COc1ccccc1N1CCC(Sc2nc3ncncc3[nH]2)C1=O. The first-order valence-electron chi connectivity index (χ1n) is 7.53. The molecule has 0 aliphatic carbocycles. The van der Waals surface area contributed by atoms with Gasteiger partial charge >= 0.3 is 0 Å². The average Bonchev–Trinajstić information content (AvgIpc) is 3.18. The summed E-state index contributed by atoms with van der Waals surface area (Å²) in [6.45, 7) is 0.664. The third-order valence-corrected chi connectivity index (χ3v) is 5.06. The molecule has 8 heteroatoms. The fraction of sp³-hybridized carbons (Fsp3) is 0.250. The maximum Gasteiger partial charge on any atom is 0.240 e. The van der Waals surface area contributed by atoms with Crippen molar-refractivity contribution >= 4 is 34.5 Å². The summed E-state index contributed by atoms with van der Waals surface area (Å²) < 4.78 is 5.37. The number of amides is 1. The second kappa shape index (κ2) is 6.12. The molecule has 0 bridgehead atoms. The van der Waals surface area contributed by atoms with Gasteiger partial charge in [0.25, 0.3) is 0 Å². The number of aromatic amines is 1. The molecule has 4 rings (SSSR count). The van der Waals surface area contributed by atoms with Crippen molar-refractivity contribution in [2.24, 2.45) is 0 Å². The fourth-order valence-electron chi connectivity index (χ4n) is 2.79. The van der Waals surface area contributed by atoms with E-state index in [2.05, 4.69) is 19.9 Å². The van der Waals surface area contributed by atoms with Crippen LogP contribution in [-0.4, -0.2) is 44.7 Å². The zero-order valence-electron chi connectivity index (χ0n) is 13.0. The predicted octanol–water partition coefficient (Wildman–Crippen LogP) is 2.26. The van der Waals surface area contributed by atoms with E-state index in [9.17, 15) is 4.79 Å². The van der Waals surface area contributed by atoms with E-state index in [0.717, 1.165) is 17.6 Å². The number of hydrogen-bond acceptors (Lipinski definition) is 6. The summed E-state index contributed by atoms with van der Waals surface area (Å²) in [5.41, 5.74) is 2.19. The maximum atomic E-state index is 12.8. The van der Waals surface area contributed by atoms with Crippen molar-refractivity contribution < 1.29 is 9.53 Å². The number of nitrogens with zero attached hydrogens (tertiary/aromatic N) is 4. The Kier molecular flexibility index (Phi) is 3.81. The van der Waals surface area contributed by atoms with Crippen LogP contribution < -0.4 is 9.64 Å². The van der Waals surface area contributed by atoms with Crippen LogP contribution in [0.15, 0.2) is 41.9 Å². The average molecular weight is 341 g/mol. The van der Waals surface area contributed by atoms with E-state index in [1.165, 1.54) is 18.1 Å². The van der Waals surface area contributed by atoms with Crippen LogP contribution >= 0.6 is 11.8 Å². The van der Waals surface area contributed by atoms with Crippen LogP contribution in [0.3, 0.4) is 0 Å². The number of benzene rings is 1. The van der Waals surface area contributed by atoms with Crippen molar-refractivity contribution in [3.8, 4) is 5.75 Å². The molecule has 1 amide bonds. The van der Waals surface area contributed by atoms with Crippen LogP contribution in [0.2, 0.25) is 0 Å². The van der Waals surface area contributed by atoms with Crippen LogP contribution in [0.5, 0.6) is 5.75 Å². The maximum absolute atomic E-state index is 12.8. The topological polar surface area (TPSA) is 84.0 Å². The zero-order valence-corrected chi connectivity index (χ0v) is 13.8. The van der Waals surface area contributed by atoms with Crippen molar-refractivity contribution in [1.29, 1.82) is 0 Å². The van der Waals surface area contributed by atoms with Gasteiger partial charge in [-0.3, -0.25) is 4.79 Å². The minimum absolute atomic E-state index is 0.0658. The van der Waals surface area contributed by atoms with E-state index in [1.807, 2.05) is 24.3 Å². The number of H-pyrrole nitrogens is 1. The molecule has 7 nitrogen and oxygen atoms in total. The molecule has 0 saturated carbocycles. The monoisotopic (exact) mass is 341 g/mol. The van der Waals surface area contributed by atoms with Gasteiger partial charge in [0.15, 0.2) is 10.8 Å². The second-order valence-electron chi connectivity index (χ2n) is 5.36. The van der Waals surface area contributed by atoms with E-state index in [-0.39, 0.29) is 11.2 Å². The summed E-state index contributed by atoms with van der Waals surface area (Å²) >= 11 is 1.43. The number of aromatic nitrogens is 4. The van der Waals surface area contributed by atoms with Crippen molar-refractivity contribution in [2.75, 3.05) is 18.6 Å². The van der Waals surface area contributed by atoms with Gasteiger partial charge in [0.05, 0.1) is 24.2 Å². The van der Waals surface area contributed by atoms with Gasteiger partial charge < -0.3 is 14.6 Å². The number of para-hydroxylation sites is 2. The smallest absolute Gasteiger partial charge is 0.240 e. The van der Waals surface area contributed by atoms with Crippen molar-refractivity contribution in [3.05, 3.63) is 36.8 Å². The number of hydrogen-bond donors (Lipinski definition) is 1. The first kappa shape index (κ1) is 14.9. The molecule has 0 spiro atoms. The Morgan fingerprint density at radius 2 is 2.25 bits per heavy atom. The molecule has 3 aromatic rings. The highest BCUT2D eigenvalue weighted by molar-refractivity contribution is 8.00. The molecular formula is C16H15N5O2S. The number of nitrogens with one attached hydrogen (secondary N) is 1. The van der Waals surface area contributed by atoms with Crippen LogP contribution in [0.1, 0.15) is 6.42 Å². The van der Waals surface area contributed by atoms with Gasteiger partial charge in [-0.1, -0.05) is 23.9 Å². The van der Waals surface area contributed by atoms with Gasteiger partial charge in [-0.25, -0.2) is 15.0 Å². The number of anilines is 1. The number of carbonyl (C=O) groups excluding carboxylic acids is 1. The molecule has 1 aliphatic heterocycles. The molecular weight excluding hydrogens is 326 g/mol. The van der Waals surface area contributed by atoms with Gasteiger partial charge in [0.1, 0.15) is 17.6 Å². The Hall–Kier alpha value is -2.61. The van der Waals surface area contributed by atoms with Crippen LogP contribution in [-0.2, 0) is 4.79 Å². The summed E-state index contributed by atoms with van der Waals surface area (Å²) in [5.74, 6) is 0.770. The van der Waals surface area contributed by atoms with E-state index < -0.39 is 0 Å². The number of ether oxygens (including phenoxy) is 1. The van der Waals surface area contributed by atoms with Crippen LogP contribution in [0.25, 0.3) is 11.2 Å². The van der Waals surface area contributed by atoms with Gasteiger partial charge in [-0.15, -0.1) is 0 Å². The van der Waals surface area contributed by atoms with Crippen molar-refractivity contribution in [3.63, 3.8) is 0 Å². The Bertz CT molecular complexity index is 864. The first-order chi connectivity index (χ1) is 11.8. The van der Waals surface area contributed by atoms with Gasteiger partial charge in [0, 0.05) is 6.54 Å². The summed E-state index contributed by atoms with van der Waals surface area (Å²) in [5, 5.41) is 0.508. The number of methoxy groups -OCH3 is 1. The van der Waals surface area contributed by atoms with Gasteiger partial charge in [-0.2, -0.15) is 0 Å². The Balaban J connectivity index is 1.55. The molecule has 122 valence electrons. The Labute approximate surface area is 142 Å². The molecule has 0 radical (unpaired) electrons. The second-order valence-corrected chi connectivity index (χ2v) is 6.55. The molecule has 1 atom stereocenters. The predicted molar refractivity (Wildman–Crippen MR) is 91.3 cm³/mol. The van der Waals surface area contributed by atoms with Gasteiger partial charge in [-0.05, 0) is 18.6 Å². The Morgan fingerprint density at radius 3 is 3.08 bits per heavy atom. The standard InChI is InChI=1S/C16H15N5O2S/c1-23-12-5-3-2-4-11(12)21-7-6-13(15(21)22)24-16-19-10-8-17-9-18-14(10)20-16/h2-5,8-9,13H,6-7H2,1H3,(H,17,18,19,20). The van der Waals surface area contributed by atoms with E-state index >= 15 is 0 Å². The summed E-state index contributed by atoms with van der Waals surface area (Å²) in [6, 6.07) is 7.57. The summed E-state index contributed by atoms with van der Waals surface area (Å²) in [6.07, 6.45) is 3.89. The van der Waals surface area contributed by atoms with Crippen LogP contribution in [0.4, 0.5) is 5.69 Å². The molecule has 1 aliphatic rings. The summed E-state index contributed by atoms with van der Waals surface area (Å²) in [7, 11) is 1.61. The normalized spacial score (nSPS) is 17.6. The Morgan fingerprint density at radius 1 is 1.38 bits per heavy atom. The lowest BCUT2D eigenvalue weighted by Gasteiger charge is -2.19. The van der Waals surface area contributed by atoms with E-state index in [1.54, 1.807) is 18.2 Å². The number of thioether (sulfide) groups is 1. The molecule has 1 saturated heterocycles.